The maximum atomic E-state index is 9.70. The normalized spacial score (nSPS) is 26.5. The number of nitrogens with two attached hydrogens (primary N) is 1. The first-order valence-corrected chi connectivity index (χ1v) is 16.5. The molecule has 4 fully saturated rings. The van der Waals surface area contributed by atoms with Crippen molar-refractivity contribution >= 4 is 0 Å². The summed E-state index contributed by atoms with van der Waals surface area (Å²) in [7, 11) is 1.00. The van der Waals surface area contributed by atoms with Gasteiger partial charge in [0.25, 0.3) is 0 Å². The Morgan fingerprint density at radius 3 is 1.41 bits per heavy atom. The van der Waals surface area contributed by atoms with Crippen molar-refractivity contribution in [3.05, 3.63) is 71.8 Å². The SMILES string of the molecule is C(CC1CO1)C1CO1.CCO.CO.NCc1ccccc1.O[C@H]1CC[C@H](O)CN(Cc2ccccc2)C1.O[C@H]1CC[C@H](O)CNC1. The molecule has 0 radical (unpaired) electrons. The number of aliphatic hydroxyl groups is 6. The minimum Gasteiger partial charge on any atom is -0.400 e. The average molecular weight is 652 g/mol. The number of nitrogens with zero attached hydrogens (tertiary/aromatic N) is 1. The molecule has 0 spiro atoms. The van der Waals surface area contributed by atoms with Crippen LogP contribution in [-0.4, -0.2) is 125 Å². The van der Waals surface area contributed by atoms with E-state index >= 15 is 0 Å². The van der Waals surface area contributed by atoms with E-state index in [-0.39, 0.29) is 31.0 Å². The van der Waals surface area contributed by atoms with Gasteiger partial charge >= 0.3 is 0 Å². The Morgan fingerprint density at radius 2 is 1.07 bits per heavy atom. The van der Waals surface area contributed by atoms with E-state index in [9.17, 15) is 10.2 Å². The van der Waals surface area contributed by atoms with Crippen LogP contribution in [0.15, 0.2) is 60.7 Å². The number of hydrogen-bond acceptors (Lipinski definition) is 11. The molecule has 4 saturated heterocycles. The van der Waals surface area contributed by atoms with Crippen molar-refractivity contribution in [3.63, 3.8) is 0 Å². The summed E-state index contributed by atoms with van der Waals surface area (Å²) in [5, 5.41) is 55.0. The van der Waals surface area contributed by atoms with Gasteiger partial charge in [-0.15, -0.1) is 0 Å². The van der Waals surface area contributed by atoms with Gasteiger partial charge in [-0.1, -0.05) is 60.7 Å². The fourth-order valence-electron chi connectivity index (χ4n) is 4.67. The Hall–Kier alpha value is -2.00. The van der Waals surface area contributed by atoms with Gasteiger partial charge in [0.2, 0.25) is 0 Å². The van der Waals surface area contributed by atoms with Gasteiger partial charge in [0.15, 0.2) is 0 Å². The van der Waals surface area contributed by atoms with Crippen molar-refractivity contribution < 1.29 is 40.1 Å². The molecule has 2 aromatic carbocycles. The lowest BCUT2D eigenvalue weighted by molar-refractivity contribution is 0.103. The fourth-order valence-corrected chi connectivity index (χ4v) is 4.67. The second-order valence-electron chi connectivity index (χ2n) is 11.6. The lowest BCUT2D eigenvalue weighted by Crippen LogP contribution is -2.33. The largest absolute Gasteiger partial charge is 0.400 e. The third kappa shape index (κ3) is 23.3. The third-order valence-corrected chi connectivity index (χ3v) is 7.31. The van der Waals surface area contributed by atoms with Gasteiger partial charge in [0, 0.05) is 53.0 Å². The van der Waals surface area contributed by atoms with E-state index < -0.39 is 0 Å². The molecule has 9 N–H and O–H groups in total. The molecular weight excluding hydrogens is 590 g/mol. The average Bonchev–Trinajstić information content (AvgIpc) is 3.98. The summed E-state index contributed by atoms with van der Waals surface area (Å²) < 4.78 is 10.1. The van der Waals surface area contributed by atoms with Crippen LogP contribution in [0.1, 0.15) is 56.6 Å². The van der Waals surface area contributed by atoms with E-state index in [4.69, 9.17) is 35.6 Å². The van der Waals surface area contributed by atoms with Crippen LogP contribution in [0.3, 0.4) is 0 Å². The van der Waals surface area contributed by atoms with Crippen molar-refractivity contribution in [2.75, 3.05) is 53.1 Å². The van der Waals surface area contributed by atoms with E-state index in [0.717, 1.165) is 26.9 Å². The van der Waals surface area contributed by atoms with Crippen LogP contribution in [-0.2, 0) is 22.6 Å². The van der Waals surface area contributed by atoms with Crippen LogP contribution in [0.25, 0.3) is 0 Å². The molecule has 46 heavy (non-hydrogen) atoms. The summed E-state index contributed by atoms with van der Waals surface area (Å²) in [6.07, 6.45) is 5.32. The topological polar surface area (TPSA) is 188 Å². The van der Waals surface area contributed by atoms with E-state index in [1.54, 1.807) is 6.92 Å². The van der Waals surface area contributed by atoms with E-state index in [1.165, 1.54) is 24.0 Å². The van der Waals surface area contributed by atoms with Crippen LogP contribution in [0.5, 0.6) is 0 Å². The van der Waals surface area contributed by atoms with E-state index in [2.05, 4.69) is 22.3 Å². The minimum absolute atomic E-state index is 0.250. The first-order valence-electron chi connectivity index (χ1n) is 16.5. The first kappa shape index (κ1) is 42.0. The molecule has 6 rings (SSSR count). The summed E-state index contributed by atoms with van der Waals surface area (Å²) >= 11 is 0. The van der Waals surface area contributed by atoms with Crippen LogP contribution >= 0.6 is 0 Å². The van der Waals surface area contributed by atoms with Gasteiger partial charge < -0.3 is 51.2 Å². The van der Waals surface area contributed by atoms with Crippen molar-refractivity contribution in [2.45, 2.75) is 95.2 Å². The van der Waals surface area contributed by atoms with Crippen LogP contribution in [0.2, 0.25) is 0 Å². The number of likely N-dealkylation sites (tertiary alicyclic amines) is 1. The first-order chi connectivity index (χ1) is 22.3. The van der Waals surface area contributed by atoms with E-state index in [0.29, 0.717) is 70.6 Å². The monoisotopic (exact) mass is 651 g/mol. The molecule has 4 aliphatic heterocycles. The number of nitrogens with one attached hydrogen (secondary N) is 1. The Labute approximate surface area is 276 Å². The predicted molar refractivity (Wildman–Crippen MR) is 181 cm³/mol. The van der Waals surface area contributed by atoms with Crippen LogP contribution in [0.4, 0.5) is 0 Å². The number of ether oxygens (including phenoxy) is 2. The molecule has 264 valence electrons. The second kappa shape index (κ2) is 27.0. The highest BCUT2D eigenvalue weighted by Gasteiger charge is 2.28. The number of epoxide rings is 2. The van der Waals surface area contributed by atoms with Crippen molar-refractivity contribution in [2.24, 2.45) is 5.73 Å². The molecule has 0 aromatic heterocycles. The highest BCUT2D eigenvalue weighted by atomic mass is 16.6. The maximum absolute atomic E-state index is 9.70. The van der Waals surface area contributed by atoms with Crippen molar-refractivity contribution in [3.8, 4) is 0 Å². The zero-order valence-corrected chi connectivity index (χ0v) is 27.9. The number of hydrogen-bond donors (Lipinski definition) is 8. The summed E-state index contributed by atoms with van der Waals surface area (Å²) in [5.41, 5.74) is 7.76. The quantitative estimate of drug-likeness (QED) is 0.211. The number of aliphatic hydroxyl groups excluding tert-OH is 6. The van der Waals surface area contributed by atoms with Crippen molar-refractivity contribution in [1.29, 1.82) is 0 Å². The Kier molecular flexibility index (Phi) is 24.7. The molecule has 4 heterocycles. The van der Waals surface area contributed by atoms with Gasteiger partial charge in [-0.05, 0) is 56.6 Å². The van der Waals surface area contributed by atoms with Crippen LogP contribution < -0.4 is 11.1 Å². The van der Waals surface area contributed by atoms with Gasteiger partial charge in [0.05, 0.1) is 49.8 Å². The Balaban J connectivity index is 0.000000305. The molecular formula is C35H61N3O8. The lowest BCUT2D eigenvalue weighted by Gasteiger charge is -2.23. The van der Waals surface area contributed by atoms with Gasteiger partial charge in [-0.25, -0.2) is 0 Å². The number of rotatable bonds is 6. The van der Waals surface area contributed by atoms with Crippen molar-refractivity contribution in [1.82, 2.24) is 10.2 Å². The Morgan fingerprint density at radius 1 is 0.696 bits per heavy atom. The molecule has 0 bridgehead atoms. The second-order valence-corrected chi connectivity index (χ2v) is 11.6. The van der Waals surface area contributed by atoms with Crippen LogP contribution in [0, 0.1) is 0 Å². The fraction of sp³-hybridized carbons (Fsp3) is 0.657. The summed E-state index contributed by atoms with van der Waals surface area (Å²) in [5.74, 6) is 0. The molecule has 4 aliphatic rings. The number of benzene rings is 2. The molecule has 0 amide bonds. The van der Waals surface area contributed by atoms with Gasteiger partial charge in [-0.2, -0.15) is 0 Å². The summed E-state index contributed by atoms with van der Waals surface area (Å²) in [6.45, 7) is 7.92. The zero-order valence-electron chi connectivity index (χ0n) is 27.9. The third-order valence-electron chi connectivity index (χ3n) is 7.31. The lowest BCUT2D eigenvalue weighted by atomic mass is 10.1. The number of β-amino-alcohol motifs (C(OH)–C–C–N with tert-alkyl or cyclic N) is 4. The molecule has 2 unspecified atom stereocenters. The molecule has 0 saturated carbocycles. The minimum atomic E-state index is -0.305. The van der Waals surface area contributed by atoms with E-state index in [1.807, 2.05) is 48.5 Å². The van der Waals surface area contributed by atoms with Gasteiger partial charge in [-0.3, -0.25) is 4.90 Å². The predicted octanol–water partition coefficient (Wildman–Crippen LogP) is 1.41. The summed E-state index contributed by atoms with van der Waals surface area (Å²) in [6, 6.07) is 20.2. The smallest absolute Gasteiger partial charge is 0.0810 e. The maximum Gasteiger partial charge on any atom is 0.0810 e. The molecule has 2 aromatic rings. The summed E-state index contributed by atoms with van der Waals surface area (Å²) in [4.78, 5) is 2.12. The highest BCUT2D eigenvalue weighted by molar-refractivity contribution is 5.15. The Bertz CT molecular complexity index is 904. The molecule has 11 heteroatoms. The highest BCUT2D eigenvalue weighted by Crippen LogP contribution is 2.22. The zero-order chi connectivity index (χ0) is 34.0. The molecule has 6 atom stereocenters. The standard InChI is InChI=1S/C13H19NO2.C7H9N.C6H13NO2.C6H10O2.C2H6O.CH4O/c15-12-6-7-13(16)10-14(9-12)8-11-4-2-1-3-5-11;8-6-7-4-2-1-3-5-7;8-5-1-2-6(9)4-7-3-5;1(5-3-7-5)2-6-4-8-6;1-2-3;1-2/h1-5,12-13,15-16H,6-10H2;1-5H,6,8H2;5-9H,1-4H2;5-6H,1-4H2;3H,2H2,1H3;2H,1H3/t12-,13-;;5-,6-;;;/m0.0.../s1. The van der Waals surface area contributed by atoms with Gasteiger partial charge in [0.1, 0.15) is 0 Å². The molecule has 0 aliphatic carbocycles. The molecule has 11 nitrogen and oxygen atoms in total.